The van der Waals surface area contributed by atoms with E-state index in [0.29, 0.717) is 6.54 Å². The van der Waals surface area contributed by atoms with Gasteiger partial charge in [-0.05, 0) is 38.3 Å². The maximum absolute atomic E-state index is 13.5. The lowest BCUT2D eigenvalue weighted by molar-refractivity contribution is -0.126. The highest BCUT2D eigenvalue weighted by molar-refractivity contribution is 5.85. The highest BCUT2D eigenvalue weighted by Crippen LogP contribution is 2.23. The molecule has 1 aliphatic carbocycles. The zero-order valence-electron chi connectivity index (χ0n) is 12.8. The lowest BCUT2D eigenvalue weighted by Crippen LogP contribution is -2.41. The normalized spacial score (nSPS) is 22.3. The molecule has 1 amide bonds. The molecule has 0 saturated heterocycles. The minimum absolute atomic E-state index is 0. The zero-order chi connectivity index (χ0) is 15.2. The van der Waals surface area contributed by atoms with Crippen LogP contribution < -0.4 is 15.8 Å². The summed E-state index contributed by atoms with van der Waals surface area (Å²) in [7, 11) is 0. The van der Waals surface area contributed by atoms with Crippen LogP contribution in [-0.4, -0.2) is 24.6 Å². The van der Waals surface area contributed by atoms with Crippen molar-refractivity contribution in [2.45, 2.75) is 44.8 Å². The molecule has 6 heteroatoms. The molecular formula is C16H24ClFN2O2. The van der Waals surface area contributed by atoms with Gasteiger partial charge >= 0.3 is 0 Å². The van der Waals surface area contributed by atoms with Gasteiger partial charge < -0.3 is 15.8 Å². The van der Waals surface area contributed by atoms with Crippen molar-refractivity contribution in [2.75, 3.05) is 6.54 Å². The average molecular weight is 331 g/mol. The molecule has 3 unspecified atom stereocenters. The SMILES string of the molecule is CC(CNC(=O)C1CCCC(N)C1)Oc1ccccc1F.Cl. The van der Waals surface area contributed by atoms with Gasteiger partial charge in [-0.1, -0.05) is 18.6 Å². The number of carbonyl (C=O) groups excluding carboxylic acids is 1. The molecule has 1 saturated carbocycles. The van der Waals surface area contributed by atoms with Crippen LogP contribution >= 0.6 is 12.4 Å². The molecule has 1 aromatic carbocycles. The molecule has 0 bridgehead atoms. The fraction of sp³-hybridized carbons (Fsp3) is 0.562. The van der Waals surface area contributed by atoms with E-state index >= 15 is 0 Å². The fourth-order valence-electron chi connectivity index (χ4n) is 2.65. The minimum atomic E-state index is -0.395. The number of para-hydroxylation sites is 1. The van der Waals surface area contributed by atoms with Gasteiger partial charge in [0.25, 0.3) is 0 Å². The molecule has 0 heterocycles. The van der Waals surface area contributed by atoms with Crippen molar-refractivity contribution in [3.8, 4) is 5.75 Å². The summed E-state index contributed by atoms with van der Waals surface area (Å²) < 4.78 is 18.9. The van der Waals surface area contributed by atoms with Crippen molar-refractivity contribution < 1.29 is 13.9 Å². The summed E-state index contributed by atoms with van der Waals surface area (Å²) in [5, 5.41) is 2.87. The number of amides is 1. The molecule has 124 valence electrons. The second-order valence-electron chi connectivity index (χ2n) is 5.73. The van der Waals surface area contributed by atoms with Gasteiger partial charge in [-0.15, -0.1) is 12.4 Å². The van der Waals surface area contributed by atoms with Crippen LogP contribution in [0.1, 0.15) is 32.6 Å². The van der Waals surface area contributed by atoms with Crippen LogP contribution in [0.25, 0.3) is 0 Å². The van der Waals surface area contributed by atoms with E-state index in [9.17, 15) is 9.18 Å². The first kappa shape index (κ1) is 18.7. The van der Waals surface area contributed by atoms with E-state index in [1.807, 2.05) is 0 Å². The molecule has 4 nitrogen and oxygen atoms in total. The van der Waals surface area contributed by atoms with Crippen LogP contribution in [0.15, 0.2) is 24.3 Å². The first-order valence-electron chi connectivity index (χ1n) is 7.50. The van der Waals surface area contributed by atoms with Gasteiger partial charge in [0, 0.05) is 12.0 Å². The molecule has 1 fully saturated rings. The molecular weight excluding hydrogens is 307 g/mol. The lowest BCUT2D eigenvalue weighted by Gasteiger charge is -2.26. The summed E-state index contributed by atoms with van der Waals surface area (Å²) in [5.41, 5.74) is 5.89. The summed E-state index contributed by atoms with van der Waals surface area (Å²) in [6.45, 7) is 2.16. The van der Waals surface area contributed by atoms with Crippen molar-refractivity contribution in [1.29, 1.82) is 0 Å². The number of hydrogen-bond acceptors (Lipinski definition) is 3. The number of rotatable bonds is 5. The molecule has 3 N–H and O–H groups in total. The van der Waals surface area contributed by atoms with Gasteiger partial charge in [0.1, 0.15) is 6.10 Å². The third kappa shape index (κ3) is 5.46. The second-order valence-corrected chi connectivity index (χ2v) is 5.73. The van der Waals surface area contributed by atoms with E-state index in [1.165, 1.54) is 6.07 Å². The van der Waals surface area contributed by atoms with E-state index in [1.54, 1.807) is 25.1 Å². The number of carbonyl (C=O) groups is 1. The second kappa shape index (κ2) is 8.96. The third-order valence-corrected chi connectivity index (χ3v) is 3.81. The maximum Gasteiger partial charge on any atom is 0.223 e. The van der Waals surface area contributed by atoms with Gasteiger partial charge in [-0.2, -0.15) is 0 Å². The van der Waals surface area contributed by atoms with Gasteiger partial charge in [0.2, 0.25) is 5.91 Å². The predicted molar refractivity (Wildman–Crippen MR) is 86.7 cm³/mol. The number of hydrogen-bond donors (Lipinski definition) is 2. The smallest absolute Gasteiger partial charge is 0.223 e. The quantitative estimate of drug-likeness (QED) is 0.872. The Morgan fingerprint density at radius 3 is 2.86 bits per heavy atom. The largest absolute Gasteiger partial charge is 0.486 e. The molecule has 1 aromatic rings. The van der Waals surface area contributed by atoms with E-state index < -0.39 is 5.82 Å². The summed E-state index contributed by atoms with van der Waals surface area (Å²) in [6.07, 6.45) is 3.34. The molecule has 0 spiro atoms. The van der Waals surface area contributed by atoms with Crippen molar-refractivity contribution >= 4 is 18.3 Å². The van der Waals surface area contributed by atoms with Crippen LogP contribution in [0.2, 0.25) is 0 Å². The molecule has 3 atom stereocenters. The average Bonchev–Trinajstić information content (AvgIpc) is 2.47. The molecule has 2 rings (SSSR count). The zero-order valence-corrected chi connectivity index (χ0v) is 13.6. The summed E-state index contributed by atoms with van der Waals surface area (Å²) in [6, 6.07) is 6.38. The summed E-state index contributed by atoms with van der Waals surface area (Å²) >= 11 is 0. The van der Waals surface area contributed by atoms with Crippen LogP contribution in [0, 0.1) is 11.7 Å². The van der Waals surface area contributed by atoms with Gasteiger partial charge in [-0.25, -0.2) is 4.39 Å². The third-order valence-electron chi connectivity index (χ3n) is 3.81. The summed E-state index contributed by atoms with van der Waals surface area (Å²) in [4.78, 5) is 12.1. The number of nitrogens with one attached hydrogen (secondary N) is 1. The van der Waals surface area contributed by atoms with Crippen LogP contribution in [0.5, 0.6) is 5.75 Å². The fourth-order valence-corrected chi connectivity index (χ4v) is 2.65. The van der Waals surface area contributed by atoms with E-state index in [-0.39, 0.29) is 42.1 Å². The van der Waals surface area contributed by atoms with Gasteiger partial charge in [0.05, 0.1) is 6.54 Å². The number of ether oxygens (including phenoxy) is 1. The molecule has 0 aliphatic heterocycles. The monoisotopic (exact) mass is 330 g/mol. The maximum atomic E-state index is 13.5. The van der Waals surface area contributed by atoms with E-state index in [4.69, 9.17) is 10.5 Å². The standard InChI is InChI=1S/C16H23FN2O2.ClH/c1-11(21-15-8-3-2-7-14(15)17)10-19-16(20)12-5-4-6-13(18)9-12;/h2-3,7-8,11-13H,4-6,9-10,18H2,1H3,(H,19,20);1H. The Morgan fingerprint density at radius 2 is 2.18 bits per heavy atom. The van der Waals surface area contributed by atoms with Gasteiger partial charge in [0.15, 0.2) is 11.6 Å². The number of nitrogens with two attached hydrogens (primary N) is 1. The minimum Gasteiger partial charge on any atom is -0.486 e. The van der Waals surface area contributed by atoms with E-state index in [0.717, 1.165) is 25.7 Å². The van der Waals surface area contributed by atoms with Crippen LogP contribution in [0.4, 0.5) is 4.39 Å². The summed E-state index contributed by atoms with van der Waals surface area (Å²) in [5.74, 6) is -0.170. The number of benzene rings is 1. The van der Waals surface area contributed by atoms with Crippen LogP contribution in [0.3, 0.4) is 0 Å². The Balaban J connectivity index is 0.00000242. The highest BCUT2D eigenvalue weighted by atomic mass is 35.5. The highest BCUT2D eigenvalue weighted by Gasteiger charge is 2.25. The first-order valence-corrected chi connectivity index (χ1v) is 7.50. The molecule has 0 aromatic heterocycles. The first-order chi connectivity index (χ1) is 10.1. The Bertz CT molecular complexity index is 487. The molecule has 0 radical (unpaired) electrons. The van der Waals surface area contributed by atoms with Gasteiger partial charge in [-0.3, -0.25) is 4.79 Å². The van der Waals surface area contributed by atoms with E-state index in [2.05, 4.69) is 5.32 Å². The van der Waals surface area contributed by atoms with Crippen molar-refractivity contribution in [3.63, 3.8) is 0 Å². The number of halogens is 2. The lowest BCUT2D eigenvalue weighted by atomic mass is 9.85. The Labute approximate surface area is 137 Å². The van der Waals surface area contributed by atoms with Crippen molar-refractivity contribution in [2.24, 2.45) is 11.7 Å². The molecule has 1 aliphatic rings. The van der Waals surface area contributed by atoms with Crippen LogP contribution in [-0.2, 0) is 4.79 Å². The van der Waals surface area contributed by atoms with Crippen molar-refractivity contribution in [3.05, 3.63) is 30.1 Å². The Kier molecular flexibility index (Phi) is 7.62. The molecule has 22 heavy (non-hydrogen) atoms. The predicted octanol–water partition coefficient (Wildman–Crippen LogP) is 2.65. The topological polar surface area (TPSA) is 64.4 Å². The Morgan fingerprint density at radius 1 is 1.45 bits per heavy atom. The Hall–Kier alpha value is -1.33. The van der Waals surface area contributed by atoms with Crippen molar-refractivity contribution in [1.82, 2.24) is 5.32 Å².